The van der Waals surface area contributed by atoms with Crippen LogP contribution in [0.25, 0.3) is 0 Å². The molecule has 1 aromatic rings. The second-order valence-electron chi connectivity index (χ2n) is 4.74. The summed E-state index contributed by atoms with van der Waals surface area (Å²) < 4.78 is 0. The minimum Gasteiger partial charge on any atom is -0.373 e. The minimum atomic E-state index is 0.302. The topological polar surface area (TPSA) is 64.8 Å². The quantitative estimate of drug-likeness (QED) is 0.852. The lowest BCUT2D eigenvalue weighted by Gasteiger charge is -2.29. The Morgan fingerprint density at radius 2 is 2.05 bits per heavy atom. The van der Waals surface area contributed by atoms with Crippen LogP contribution < -0.4 is 10.2 Å². The monoisotopic (exact) mass is 261 g/mol. The first-order valence-corrected chi connectivity index (χ1v) is 6.73. The Hall–Kier alpha value is -1.83. The van der Waals surface area contributed by atoms with Gasteiger partial charge in [0.1, 0.15) is 17.5 Å². The van der Waals surface area contributed by atoms with Crippen molar-refractivity contribution < 1.29 is 0 Å². The van der Waals surface area contributed by atoms with Crippen molar-refractivity contribution in [1.82, 2.24) is 9.97 Å². The number of nitrogens with one attached hydrogen (secondary N) is 1. The summed E-state index contributed by atoms with van der Waals surface area (Å²) in [7, 11) is 1.87. The Kier molecular flexibility index (Phi) is 5.56. The third-order valence-corrected chi connectivity index (χ3v) is 3.08. The van der Waals surface area contributed by atoms with Crippen molar-refractivity contribution in [1.29, 1.82) is 5.26 Å². The molecular formula is C14H23N5. The van der Waals surface area contributed by atoms with Crippen LogP contribution in [0.3, 0.4) is 0 Å². The Morgan fingerprint density at radius 1 is 1.37 bits per heavy atom. The maximum atomic E-state index is 8.79. The van der Waals surface area contributed by atoms with Crippen molar-refractivity contribution in [3.63, 3.8) is 0 Å². The van der Waals surface area contributed by atoms with Crippen LogP contribution in [0.15, 0.2) is 0 Å². The predicted molar refractivity (Wildman–Crippen MR) is 78.4 cm³/mol. The lowest BCUT2D eigenvalue weighted by atomic mass is 10.2. The second kappa shape index (κ2) is 6.93. The highest BCUT2D eigenvalue weighted by atomic mass is 15.2. The Morgan fingerprint density at radius 3 is 2.53 bits per heavy atom. The molecule has 19 heavy (non-hydrogen) atoms. The third-order valence-electron chi connectivity index (χ3n) is 3.08. The van der Waals surface area contributed by atoms with Crippen molar-refractivity contribution in [2.45, 2.75) is 46.6 Å². The number of nitrogens with zero attached hydrogens (tertiary/aromatic N) is 4. The lowest BCUT2D eigenvalue weighted by molar-refractivity contribution is 0.670. The predicted octanol–water partition coefficient (Wildman–Crippen LogP) is 2.52. The average Bonchev–Trinajstić information content (AvgIpc) is 2.40. The van der Waals surface area contributed by atoms with E-state index in [4.69, 9.17) is 5.26 Å². The van der Waals surface area contributed by atoms with Gasteiger partial charge >= 0.3 is 0 Å². The van der Waals surface area contributed by atoms with Gasteiger partial charge in [-0.15, -0.1) is 0 Å². The molecule has 0 unspecified atom stereocenters. The molecule has 0 bridgehead atoms. The molecule has 0 atom stereocenters. The molecule has 0 aliphatic carbocycles. The number of rotatable bonds is 6. The highest BCUT2D eigenvalue weighted by Crippen LogP contribution is 2.25. The van der Waals surface area contributed by atoms with Crippen LogP contribution in [0, 0.1) is 18.3 Å². The van der Waals surface area contributed by atoms with E-state index in [1.807, 2.05) is 20.9 Å². The summed E-state index contributed by atoms with van der Waals surface area (Å²) in [5.41, 5.74) is 1.03. The highest BCUT2D eigenvalue weighted by Gasteiger charge is 2.18. The summed E-state index contributed by atoms with van der Waals surface area (Å²) in [4.78, 5) is 11.3. The largest absolute Gasteiger partial charge is 0.373 e. The Bertz CT molecular complexity index is 462. The van der Waals surface area contributed by atoms with Gasteiger partial charge in [-0.2, -0.15) is 5.26 Å². The van der Waals surface area contributed by atoms with Crippen LogP contribution in [0.5, 0.6) is 0 Å². The van der Waals surface area contributed by atoms with Gasteiger partial charge in [-0.25, -0.2) is 9.97 Å². The molecule has 1 aromatic heterocycles. The molecule has 5 nitrogen and oxygen atoms in total. The molecule has 0 fully saturated rings. The first kappa shape index (κ1) is 15.2. The van der Waals surface area contributed by atoms with E-state index in [1.165, 1.54) is 0 Å². The van der Waals surface area contributed by atoms with Gasteiger partial charge in [0.15, 0.2) is 0 Å². The van der Waals surface area contributed by atoms with E-state index in [2.05, 4.69) is 40.1 Å². The van der Waals surface area contributed by atoms with Gasteiger partial charge in [-0.05, 0) is 20.8 Å². The number of anilines is 2. The fraction of sp³-hybridized carbons (Fsp3) is 0.643. The summed E-state index contributed by atoms with van der Waals surface area (Å²) in [5, 5.41) is 11.9. The van der Waals surface area contributed by atoms with Crippen LogP contribution in [-0.2, 0) is 6.42 Å². The van der Waals surface area contributed by atoms with E-state index >= 15 is 0 Å². The molecule has 0 saturated carbocycles. The number of hydrogen-bond donors (Lipinski definition) is 1. The third kappa shape index (κ3) is 3.57. The van der Waals surface area contributed by atoms with Crippen molar-refractivity contribution >= 4 is 11.6 Å². The number of aromatic nitrogens is 2. The first-order chi connectivity index (χ1) is 9.04. The van der Waals surface area contributed by atoms with E-state index in [-0.39, 0.29) is 0 Å². The smallest absolute Gasteiger partial charge is 0.137 e. The van der Waals surface area contributed by atoms with Crippen LogP contribution in [-0.4, -0.2) is 29.6 Å². The summed E-state index contributed by atoms with van der Waals surface area (Å²) in [6.07, 6.45) is 1.30. The zero-order chi connectivity index (χ0) is 14.4. The van der Waals surface area contributed by atoms with Crippen molar-refractivity contribution in [3.8, 4) is 6.07 Å². The molecule has 104 valence electrons. The summed E-state index contributed by atoms with van der Waals surface area (Å²) in [5.74, 6) is 2.62. The summed E-state index contributed by atoms with van der Waals surface area (Å²) in [6.45, 7) is 8.98. The first-order valence-electron chi connectivity index (χ1n) is 6.73. The summed E-state index contributed by atoms with van der Waals surface area (Å²) >= 11 is 0. The molecule has 0 spiro atoms. The van der Waals surface area contributed by atoms with E-state index < -0.39 is 0 Å². The number of hydrogen-bond acceptors (Lipinski definition) is 5. The van der Waals surface area contributed by atoms with Crippen LogP contribution in [0.2, 0.25) is 0 Å². The molecule has 0 aromatic carbocycles. The molecule has 0 aliphatic rings. The fourth-order valence-corrected chi connectivity index (χ4v) is 2.01. The second-order valence-corrected chi connectivity index (χ2v) is 4.74. The molecule has 0 saturated heterocycles. The van der Waals surface area contributed by atoms with Crippen LogP contribution in [0.1, 0.15) is 38.6 Å². The molecular weight excluding hydrogens is 238 g/mol. The molecule has 1 rings (SSSR count). The molecule has 1 N–H and O–H groups in total. The normalized spacial score (nSPS) is 10.4. The van der Waals surface area contributed by atoms with Gasteiger partial charge in [0.2, 0.25) is 0 Å². The molecule has 1 heterocycles. The van der Waals surface area contributed by atoms with Crippen LogP contribution >= 0.6 is 0 Å². The van der Waals surface area contributed by atoms with E-state index in [0.29, 0.717) is 19.0 Å². The summed E-state index contributed by atoms with van der Waals surface area (Å²) in [6, 6.07) is 2.50. The van der Waals surface area contributed by atoms with E-state index in [0.717, 1.165) is 29.4 Å². The zero-order valence-electron chi connectivity index (χ0n) is 12.5. The van der Waals surface area contributed by atoms with Gasteiger partial charge < -0.3 is 10.2 Å². The van der Waals surface area contributed by atoms with Crippen LogP contribution in [0.4, 0.5) is 11.6 Å². The molecule has 0 aliphatic heterocycles. The molecule has 0 radical (unpaired) electrons. The lowest BCUT2D eigenvalue weighted by Crippen LogP contribution is -2.33. The van der Waals surface area contributed by atoms with Crippen molar-refractivity contribution in [2.75, 3.05) is 23.8 Å². The van der Waals surface area contributed by atoms with Crippen molar-refractivity contribution in [2.24, 2.45) is 0 Å². The molecule has 0 amide bonds. The Balaban J connectivity index is 3.24. The SMILES string of the molecule is CCc1nc(NC)c(C)c(N(CCC#N)C(C)C)n1. The average molecular weight is 261 g/mol. The van der Waals surface area contributed by atoms with Crippen molar-refractivity contribution in [3.05, 3.63) is 11.4 Å². The maximum Gasteiger partial charge on any atom is 0.137 e. The van der Waals surface area contributed by atoms with Gasteiger partial charge in [0, 0.05) is 31.6 Å². The Labute approximate surface area is 115 Å². The molecule has 5 heteroatoms. The maximum absolute atomic E-state index is 8.79. The highest BCUT2D eigenvalue weighted by molar-refractivity contribution is 5.58. The van der Waals surface area contributed by atoms with E-state index in [9.17, 15) is 0 Å². The van der Waals surface area contributed by atoms with Gasteiger partial charge in [-0.1, -0.05) is 6.92 Å². The number of aryl methyl sites for hydroxylation is 1. The van der Waals surface area contributed by atoms with E-state index in [1.54, 1.807) is 0 Å². The zero-order valence-corrected chi connectivity index (χ0v) is 12.5. The van der Waals surface area contributed by atoms with Gasteiger partial charge in [0.25, 0.3) is 0 Å². The van der Waals surface area contributed by atoms with Gasteiger partial charge in [-0.3, -0.25) is 0 Å². The van der Waals surface area contributed by atoms with Gasteiger partial charge in [0.05, 0.1) is 12.5 Å². The standard InChI is InChI=1S/C14H23N5/c1-6-12-17-13(16-5)11(4)14(18-12)19(10(2)3)9-7-8-15/h10H,6-7,9H2,1-5H3,(H,16,17,18). The number of nitriles is 1. The minimum absolute atomic E-state index is 0.302. The fourth-order valence-electron chi connectivity index (χ4n) is 2.01.